The third-order valence-electron chi connectivity index (χ3n) is 3.17. The van der Waals surface area contributed by atoms with Crippen LogP contribution in [0.1, 0.15) is 22.7 Å². The van der Waals surface area contributed by atoms with E-state index in [9.17, 15) is 13.2 Å². The summed E-state index contributed by atoms with van der Waals surface area (Å²) in [6.07, 6.45) is 1.17. The van der Waals surface area contributed by atoms with Crippen molar-refractivity contribution in [1.82, 2.24) is 25.4 Å². The van der Waals surface area contributed by atoms with Gasteiger partial charge in [-0.15, -0.1) is 35.3 Å². The topological polar surface area (TPSA) is 67.1 Å². The van der Waals surface area contributed by atoms with Crippen LogP contribution in [0.25, 0.3) is 0 Å². The van der Waals surface area contributed by atoms with E-state index in [1.54, 1.807) is 11.7 Å². The molecule has 0 radical (unpaired) electrons. The van der Waals surface area contributed by atoms with Gasteiger partial charge < -0.3 is 10.6 Å². The Morgan fingerprint density at radius 3 is 2.68 bits per heavy atom. The lowest BCUT2D eigenvalue weighted by molar-refractivity contribution is -0.140. The molecule has 11 heteroatoms. The Hall–Kier alpha value is -1.37. The van der Waals surface area contributed by atoms with Crippen molar-refractivity contribution in [1.29, 1.82) is 0 Å². The maximum atomic E-state index is 12.5. The molecule has 0 saturated heterocycles. The fourth-order valence-corrected chi connectivity index (χ4v) is 2.74. The SMILES string of the molecule is CN=C(NCCCc1cnn(C)c1)NCc1nc(C(F)(F)F)cs1.I. The van der Waals surface area contributed by atoms with Crippen LogP contribution in [0.2, 0.25) is 0 Å². The van der Waals surface area contributed by atoms with Crippen molar-refractivity contribution in [2.75, 3.05) is 13.6 Å². The summed E-state index contributed by atoms with van der Waals surface area (Å²) in [5.74, 6) is 0.532. The minimum atomic E-state index is -4.40. The Bertz CT molecular complexity index is 682. The second-order valence-corrected chi connectivity index (χ2v) is 6.05. The highest BCUT2D eigenvalue weighted by atomic mass is 127. The minimum absolute atomic E-state index is 0. The highest BCUT2D eigenvalue weighted by molar-refractivity contribution is 14.0. The lowest BCUT2D eigenvalue weighted by Crippen LogP contribution is -2.37. The highest BCUT2D eigenvalue weighted by Gasteiger charge is 2.33. The van der Waals surface area contributed by atoms with Gasteiger partial charge in [0.25, 0.3) is 0 Å². The van der Waals surface area contributed by atoms with Crippen molar-refractivity contribution in [3.8, 4) is 0 Å². The first-order chi connectivity index (χ1) is 11.4. The molecule has 0 spiro atoms. The smallest absolute Gasteiger partial charge is 0.356 e. The maximum absolute atomic E-state index is 12.5. The molecule has 0 bridgehead atoms. The third kappa shape index (κ3) is 7.18. The van der Waals surface area contributed by atoms with Crippen LogP contribution < -0.4 is 10.6 Å². The molecule has 0 aliphatic heterocycles. The molecule has 6 nitrogen and oxygen atoms in total. The molecule has 140 valence electrons. The number of aliphatic imine (C=N–C) groups is 1. The van der Waals surface area contributed by atoms with Crippen molar-refractivity contribution in [2.24, 2.45) is 12.0 Å². The first-order valence-corrected chi connectivity index (χ1v) is 8.20. The monoisotopic (exact) mass is 488 g/mol. The number of hydrogen-bond acceptors (Lipinski definition) is 4. The second kappa shape index (κ2) is 9.94. The summed E-state index contributed by atoms with van der Waals surface area (Å²) in [5.41, 5.74) is 0.299. The number of aromatic nitrogens is 3. The molecule has 2 N–H and O–H groups in total. The van der Waals surface area contributed by atoms with Crippen molar-refractivity contribution < 1.29 is 13.2 Å². The predicted octanol–water partition coefficient (Wildman–Crippen LogP) is 2.81. The molecular formula is C14H20F3IN6S. The Labute approximate surface area is 165 Å². The molecule has 0 amide bonds. The van der Waals surface area contributed by atoms with E-state index in [1.807, 2.05) is 19.4 Å². The van der Waals surface area contributed by atoms with Gasteiger partial charge >= 0.3 is 6.18 Å². The molecule has 2 heterocycles. The number of halogens is 4. The molecular weight excluding hydrogens is 468 g/mol. The van der Waals surface area contributed by atoms with Gasteiger partial charge in [0.2, 0.25) is 0 Å². The summed E-state index contributed by atoms with van der Waals surface area (Å²) in [6.45, 7) is 0.892. The number of nitrogens with one attached hydrogen (secondary N) is 2. The number of hydrogen-bond donors (Lipinski definition) is 2. The maximum Gasteiger partial charge on any atom is 0.434 e. The van der Waals surface area contributed by atoms with Crippen LogP contribution in [0.3, 0.4) is 0 Å². The van der Waals surface area contributed by atoms with E-state index in [2.05, 4.69) is 25.7 Å². The third-order valence-corrected chi connectivity index (χ3v) is 4.01. The quantitative estimate of drug-likeness (QED) is 0.284. The molecule has 0 unspecified atom stereocenters. The van der Waals surface area contributed by atoms with Crippen LogP contribution >= 0.6 is 35.3 Å². The fourth-order valence-electron chi connectivity index (χ4n) is 2.00. The second-order valence-electron chi connectivity index (χ2n) is 5.10. The zero-order chi connectivity index (χ0) is 17.6. The molecule has 2 aromatic rings. The fraction of sp³-hybridized carbons (Fsp3) is 0.500. The summed E-state index contributed by atoms with van der Waals surface area (Å²) in [4.78, 5) is 7.61. The predicted molar refractivity (Wildman–Crippen MR) is 102 cm³/mol. The van der Waals surface area contributed by atoms with Crippen molar-refractivity contribution in [2.45, 2.75) is 25.6 Å². The van der Waals surface area contributed by atoms with Crippen molar-refractivity contribution >= 4 is 41.3 Å². The molecule has 0 aromatic carbocycles. The highest BCUT2D eigenvalue weighted by Crippen LogP contribution is 2.29. The molecule has 0 aliphatic carbocycles. The molecule has 2 rings (SSSR count). The Balaban J connectivity index is 0.00000312. The van der Waals surface area contributed by atoms with Gasteiger partial charge in [-0.1, -0.05) is 0 Å². The lowest BCUT2D eigenvalue weighted by atomic mass is 10.2. The van der Waals surface area contributed by atoms with Crippen LogP contribution in [0.5, 0.6) is 0 Å². The van der Waals surface area contributed by atoms with Crippen molar-refractivity contribution in [3.63, 3.8) is 0 Å². The van der Waals surface area contributed by atoms with Crippen LogP contribution in [-0.2, 0) is 26.2 Å². The van der Waals surface area contributed by atoms with E-state index < -0.39 is 11.9 Å². The Morgan fingerprint density at radius 1 is 1.36 bits per heavy atom. The normalized spacial score (nSPS) is 12.0. The van der Waals surface area contributed by atoms with E-state index in [-0.39, 0.29) is 30.5 Å². The number of guanidine groups is 1. The van der Waals surface area contributed by atoms with E-state index in [1.165, 1.54) is 0 Å². The Morgan fingerprint density at radius 2 is 2.12 bits per heavy atom. The Kier molecular flexibility index (Phi) is 8.62. The first kappa shape index (κ1) is 21.7. The van der Waals surface area contributed by atoms with Gasteiger partial charge in [-0.2, -0.15) is 18.3 Å². The average Bonchev–Trinajstić information content (AvgIpc) is 3.15. The molecule has 0 saturated carbocycles. The van der Waals surface area contributed by atoms with Gasteiger partial charge in [0.1, 0.15) is 5.01 Å². The molecule has 0 atom stereocenters. The van der Waals surface area contributed by atoms with Crippen LogP contribution in [0.15, 0.2) is 22.8 Å². The van der Waals surface area contributed by atoms with Gasteiger partial charge in [0, 0.05) is 32.2 Å². The summed E-state index contributed by atoms with van der Waals surface area (Å²) >= 11 is 0.971. The zero-order valence-corrected chi connectivity index (χ0v) is 16.9. The number of rotatable bonds is 6. The van der Waals surface area contributed by atoms with Gasteiger partial charge in [0.15, 0.2) is 11.7 Å². The average molecular weight is 488 g/mol. The number of thiazole rings is 1. The summed E-state index contributed by atoms with van der Waals surface area (Å²) in [7, 11) is 3.48. The largest absolute Gasteiger partial charge is 0.434 e. The first-order valence-electron chi connectivity index (χ1n) is 7.32. The van der Waals surface area contributed by atoms with E-state index in [0.29, 0.717) is 17.5 Å². The van der Waals surface area contributed by atoms with Crippen LogP contribution in [0.4, 0.5) is 13.2 Å². The standard InChI is InChI=1S/C14H19F3N6S.HI/c1-18-13(19-5-3-4-10-6-21-23(2)8-10)20-7-12-22-11(9-24-12)14(15,16)17;/h6,8-9H,3-5,7H2,1-2H3,(H2,18,19,20);1H. The number of nitrogens with zero attached hydrogens (tertiary/aromatic N) is 4. The minimum Gasteiger partial charge on any atom is -0.356 e. The summed E-state index contributed by atoms with van der Waals surface area (Å²) < 4.78 is 39.2. The van der Waals surface area contributed by atoms with Crippen LogP contribution in [0, 0.1) is 0 Å². The van der Waals surface area contributed by atoms with E-state index in [4.69, 9.17) is 0 Å². The molecule has 25 heavy (non-hydrogen) atoms. The van der Waals surface area contributed by atoms with Gasteiger partial charge in [-0.05, 0) is 18.4 Å². The number of alkyl halides is 3. The van der Waals surface area contributed by atoms with E-state index >= 15 is 0 Å². The zero-order valence-electron chi connectivity index (χ0n) is 13.8. The van der Waals surface area contributed by atoms with Crippen LogP contribution in [-0.4, -0.2) is 34.3 Å². The number of aryl methyl sites for hydroxylation is 2. The summed E-state index contributed by atoms with van der Waals surface area (Å²) in [5, 5.41) is 11.6. The van der Waals surface area contributed by atoms with Gasteiger partial charge in [-0.3, -0.25) is 9.67 Å². The van der Waals surface area contributed by atoms with E-state index in [0.717, 1.165) is 35.1 Å². The molecule has 0 fully saturated rings. The molecule has 2 aromatic heterocycles. The van der Waals surface area contributed by atoms with Gasteiger partial charge in [0.05, 0.1) is 12.7 Å². The lowest BCUT2D eigenvalue weighted by Gasteiger charge is -2.10. The van der Waals surface area contributed by atoms with Crippen molar-refractivity contribution in [3.05, 3.63) is 34.0 Å². The molecule has 0 aliphatic rings. The summed E-state index contributed by atoms with van der Waals surface area (Å²) in [6, 6.07) is 0. The van der Waals surface area contributed by atoms with Gasteiger partial charge in [-0.25, -0.2) is 4.98 Å².